The molecule has 3 heterocycles. The molecule has 8 nitrogen and oxygen atoms in total. The van der Waals surface area contributed by atoms with Crippen LogP contribution in [0.4, 0.5) is 5.82 Å². The van der Waals surface area contributed by atoms with E-state index < -0.39 is 0 Å². The summed E-state index contributed by atoms with van der Waals surface area (Å²) in [6.07, 6.45) is 0.832. The average Bonchev–Trinajstić information content (AvgIpc) is 3.30. The Bertz CT molecular complexity index is 1080. The predicted octanol–water partition coefficient (Wildman–Crippen LogP) is 1.90. The molecule has 0 bridgehead atoms. The minimum absolute atomic E-state index is 0.0139. The van der Waals surface area contributed by atoms with E-state index in [0.717, 1.165) is 17.2 Å². The Kier molecular flexibility index (Phi) is 4.23. The van der Waals surface area contributed by atoms with Gasteiger partial charge in [-0.2, -0.15) is 5.10 Å². The number of hydrogen-bond donors (Lipinski definition) is 3. The number of benzene rings is 1. The van der Waals surface area contributed by atoms with E-state index >= 15 is 0 Å². The van der Waals surface area contributed by atoms with Crippen LogP contribution >= 0.6 is 0 Å². The van der Waals surface area contributed by atoms with Gasteiger partial charge in [-0.25, -0.2) is 14.9 Å². The quantitative estimate of drug-likeness (QED) is 0.613. The molecule has 1 amide bonds. The fourth-order valence-corrected chi connectivity index (χ4v) is 3.35. The molecule has 0 spiro atoms. The van der Waals surface area contributed by atoms with Gasteiger partial charge in [0.05, 0.1) is 0 Å². The van der Waals surface area contributed by atoms with Gasteiger partial charge in [0.2, 0.25) is 5.91 Å². The predicted molar refractivity (Wildman–Crippen MR) is 103 cm³/mol. The van der Waals surface area contributed by atoms with Gasteiger partial charge < -0.3 is 10.2 Å². The largest absolute Gasteiger partial charge is 0.365 e. The minimum atomic E-state index is -0.376. The molecule has 1 fully saturated rings. The first kappa shape index (κ1) is 17.0. The Morgan fingerprint density at radius 1 is 1.37 bits per heavy atom. The third kappa shape index (κ3) is 3.33. The highest BCUT2D eigenvalue weighted by Crippen LogP contribution is 2.27. The maximum absolute atomic E-state index is 12.1. The Morgan fingerprint density at radius 2 is 2.19 bits per heavy atom. The van der Waals surface area contributed by atoms with Crippen molar-refractivity contribution in [2.75, 3.05) is 18.4 Å². The van der Waals surface area contributed by atoms with Gasteiger partial charge in [-0.15, -0.1) is 0 Å². The summed E-state index contributed by atoms with van der Waals surface area (Å²) in [7, 11) is 0. The molecule has 27 heavy (non-hydrogen) atoms. The molecule has 0 aliphatic carbocycles. The topological polar surface area (TPSA) is 107 Å². The van der Waals surface area contributed by atoms with Crippen LogP contribution in [0.5, 0.6) is 0 Å². The van der Waals surface area contributed by atoms with Crippen molar-refractivity contribution in [3.63, 3.8) is 0 Å². The lowest BCUT2D eigenvalue weighted by Crippen LogP contribution is -2.32. The third-order valence-electron chi connectivity index (χ3n) is 4.67. The smallest absolute Gasteiger partial charge is 0.340 e. The maximum atomic E-state index is 12.1. The molecule has 0 saturated carbocycles. The van der Waals surface area contributed by atoms with E-state index in [1.165, 1.54) is 0 Å². The van der Waals surface area contributed by atoms with Crippen LogP contribution in [0.15, 0.2) is 47.3 Å². The Balaban J connectivity index is 1.66. The van der Waals surface area contributed by atoms with Crippen LogP contribution in [0.1, 0.15) is 13.3 Å². The molecule has 3 N–H and O–H groups in total. The summed E-state index contributed by atoms with van der Waals surface area (Å²) >= 11 is 0. The third-order valence-corrected chi connectivity index (χ3v) is 4.67. The van der Waals surface area contributed by atoms with E-state index in [0.29, 0.717) is 36.0 Å². The van der Waals surface area contributed by atoms with E-state index in [4.69, 9.17) is 0 Å². The highest BCUT2D eigenvalue weighted by atomic mass is 16.2. The number of hydrogen-bond acceptors (Lipinski definition) is 5. The van der Waals surface area contributed by atoms with Crippen LogP contribution < -0.4 is 11.0 Å². The second-order valence-electron chi connectivity index (χ2n) is 6.77. The normalized spacial score (nSPS) is 16.6. The van der Waals surface area contributed by atoms with Crippen molar-refractivity contribution in [2.24, 2.45) is 0 Å². The number of H-pyrrole nitrogens is 2. The first-order chi connectivity index (χ1) is 13.0. The second-order valence-corrected chi connectivity index (χ2v) is 6.77. The molecule has 1 unspecified atom stereocenters. The Hall–Kier alpha value is -3.42. The zero-order valence-electron chi connectivity index (χ0n) is 15.0. The molecule has 1 aromatic carbocycles. The van der Waals surface area contributed by atoms with Crippen LogP contribution in [-0.2, 0) is 4.79 Å². The summed E-state index contributed by atoms with van der Waals surface area (Å²) < 4.78 is 0. The number of likely N-dealkylation sites (tertiary alicyclic amines) is 1. The lowest BCUT2D eigenvalue weighted by molar-refractivity contribution is -0.126. The number of nitrogens with one attached hydrogen (secondary N) is 3. The molecule has 0 radical (unpaired) electrons. The van der Waals surface area contributed by atoms with E-state index in [2.05, 4.69) is 32.1 Å². The number of rotatable bonds is 4. The van der Waals surface area contributed by atoms with Crippen LogP contribution in [0.2, 0.25) is 0 Å². The van der Waals surface area contributed by atoms with Crippen molar-refractivity contribution < 1.29 is 4.79 Å². The summed E-state index contributed by atoms with van der Waals surface area (Å²) in [5, 5.41) is 11.8. The summed E-state index contributed by atoms with van der Waals surface area (Å²) in [6, 6.07) is 9.87. The molecule has 1 saturated heterocycles. The highest BCUT2D eigenvalue weighted by Gasteiger charge is 2.27. The molecular weight excluding hydrogens is 344 g/mol. The van der Waals surface area contributed by atoms with Gasteiger partial charge in [0, 0.05) is 30.1 Å². The number of aromatic amines is 2. The minimum Gasteiger partial charge on any atom is -0.365 e. The van der Waals surface area contributed by atoms with Crippen molar-refractivity contribution >= 4 is 22.5 Å². The van der Waals surface area contributed by atoms with E-state index in [9.17, 15) is 9.59 Å². The number of carbonyl (C=O) groups is 1. The lowest BCUT2D eigenvalue weighted by atomic mass is 10.1. The summed E-state index contributed by atoms with van der Waals surface area (Å²) in [6.45, 7) is 6.75. The summed E-state index contributed by atoms with van der Waals surface area (Å²) in [5.41, 5.74) is 0.741. The van der Waals surface area contributed by atoms with Gasteiger partial charge in [0.25, 0.3) is 0 Å². The molecular formula is C19H20N6O2. The van der Waals surface area contributed by atoms with E-state index in [1.807, 2.05) is 30.3 Å². The number of anilines is 1. The number of nitrogens with zero attached hydrogens (tertiary/aromatic N) is 3. The molecule has 8 heteroatoms. The number of aromatic nitrogens is 4. The molecule has 138 valence electrons. The van der Waals surface area contributed by atoms with Gasteiger partial charge in [-0.1, -0.05) is 30.8 Å². The maximum Gasteiger partial charge on any atom is 0.340 e. The SMILES string of the molecule is C=C(C)C(=O)N1CCC(Nc2nc(-c3n[nH]c(=O)[nH]3)cc3ccccc23)C1. The second kappa shape index (κ2) is 6.71. The molecule has 1 aliphatic heterocycles. The van der Waals surface area contributed by atoms with E-state index in [-0.39, 0.29) is 17.6 Å². The van der Waals surface area contributed by atoms with Crippen LogP contribution in [0, 0.1) is 0 Å². The van der Waals surface area contributed by atoms with Crippen LogP contribution in [0.25, 0.3) is 22.3 Å². The Labute approximate surface area is 155 Å². The zero-order valence-corrected chi connectivity index (χ0v) is 15.0. The zero-order chi connectivity index (χ0) is 19.0. The standard InChI is InChI=1S/C19H20N6O2/c1-11(2)18(26)25-8-7-13(10-25)20-16-14-6-4-3-5-12(14)9-15(21-16)17-22-19(27)24-23-17/h3-6,9,13H,1,7-8,10H2,2H3,(H,20,21)(H2,22,23,24,27). The number of amides is 1. The van der Waals surface area contributed by atoms with Crippen LogP contribution in [-0.4, -0.2) is 50.1 Å². The highest BCUT2D eigenvalue weighted by molar-refractivity contribution is 5.94. The number of pyridine rings is 1. The van der Waals surface area contributed by atoms with Crippen LogP contribution in [0.3, 0.4) is 0 Å². The van der Waals surface area contributed by atoms with Crippen molar-refractivity contribution in [1.82, 2.24) is 25.1 Å². The number of carbonyl (C=O) groups excluding carboxylic acids is 1. The molecule has 1 atom stereocenters. The van der Waals surface area contributed by atoms with Gasteiger partial charge in [-0.05, 0) is 24.8 Å². The monoisotopic (exact) mass is 364 g/mol. The summed E-state index contributed by atoms with van der Waals surface area (Å²) in [4.78, 5) is 32.6. The van der Waals surface area contributed by atoms with Crippen molar-refractivity contribution in [2.45, 2.75) is 19.4 Å². The summed E-state index contributed by atoms with van der Waals surface area (Å²) in [5.74, 6) is 1.08. The van der Waals surface area contributed by atoms with Gasteiger partial charge in [0.1, 0.15) is 11.5 Å². The molecule has 4 rings (SSSR count). The average molecular weight is 364 g/mol. The van der Waals surface area contributed by atoms with Crippen molar-refractivity contribution in [3.05, 3.63) is 53.0 Å². The molecule has 2 aromatic heterocycles. The van der Waals surface area contributed by atoms with Gasteiger partial charge in [0.15, 0.2) is 5.82 Å². The van der Waals surface area contributed by atoms with Crippen molar-refractivity contribution in [1.29, 1.82) is 0 Å². The first-order valence-corrected chi connectivity index (χ1v) is 8.77. The van der Waals surface area contributed by atoms with E-state index in [1.54, 1.807) is 11.8 Å². The fraction of sp³-hybridized carbons (Fsp3) is 0.263. The lowest BCUT2D eigenvalue weighted by Gasteiger charge is -2.18. The molecule has 3 aromatic rings. The Morgan fingerprint density at radius 3 is 2.93 bits per heavy atom. The number of fused-ring (bicyclic) bond motifs is 1. The first-order valence-electron chi connectivity index (χ1n) is 8.77. The van der Waals surface area contributed by atoms with Gasteiger partial charge in [-0.3, -0.25) is 9.78 Å². The fourth-order valence-electron chi connectivity index (χ4n) is 3.35. The van der Waals surface area contributed by atoms with Crippen molar-refractivity contribution in [3.8, 4) is 11.5 Å². The van der Waals surface area contributed by atoms with Gasteiger partial charge >= 0.3 is 5.69 Å². The molecule has 1 aliphatic rings.